The average Bonchev–Trinajstić information content (AvgIpc) is 4.27. The monoisotopic (exact) mass is 1060 g/mol. The van der Waals surface area contributed by atoms with E-state index in [-0.39, 0.29) is 86.7 Å². The Labute approximate surface area is 422 Å². The van der Waals surface area contributed by atoms with E-state index in [0.717, 1.165) is 10.9 Å². The Morgan fingerprint density at radius 3 is 1.45 bits per heavy atom. The predicted molar refractivity (Wildman–Crippen MR) is 263 cm³/mol. The lowest BCUT2D eigenvalue weighted by atomic mass is 9.79. The van der Waals surface area contributed by atoms with Crippen LogP contribution in [0, 0.1) is 22.7 Å². The highest BCUT2D eigenvalue weighted by Gasteiger charge is 2.57. The van der Waals surface area contributed by atoms with Crippen LogP contribution in [-0.4, -0.2) is 141 Å². The van der Waals surface area contributed by atoms with E-state index in [2.05, 4.69) is 42.0 Å². The standard InChI is InChI=1S/C42H46B2N12O14P2S/c45-13-7-15-59-71(63-21-27-31-33(69-43(67-31)25-9-3-1-4-10-25)39(65-27)55-23-49-29-35(55)51-41(47)53-37(29)57)61-17-19-73-20-18-62-72(60-16-8-14-46)64-22-28-32-34(70-44(68-32)26-11-5-2-6-12-26)40(66-28)56-24-50-30-36(56)52-42(48)54-38(30)58/h1-6,9-12,23-24,27-28,31-34,39-40H,7-8,15-22H2,(H3,47,51,53,57)(H3,48,52,54,58)/t27-,28?,31-,32-,33-,34-,39-,40-,71?,72?/m1/s1. The van der Waals surface area contributed by atoms with Gasteiger partial charge in [-0.15, -0.1) is 0 Å². The number of nitrogens with zero attached hydrogens (tertiary/aromatic N) is 8. The molecule has 10 rings (SSSR count). The largest absolute Gasteiger partial charge is 0.494 e. The Morgan fingerprint density at radius 1 is 0.616 bits per heavy atom. The number of aromatic nitrogens is 8. The van der Waals surface area contributed by atoms with Gasteiger partial charge in [-0.2, -0.15) is 32.3 Å². The third-order valence-electron chi connectivity index (χ3n) is 11.6. The average molecular weight is 1060 g/mol. The van der Waals surface area contributed by atoms with E-state index >= 15 is 0 Å². The summed E-state index contributed by atoms with van der Waals surface area (Å²) in [7, 11) is -5.32. The first kappa shape index (κ1) is 51.1. The lowest BCUT2D eigenvalue weighted by molar-refractivity contribution is -0.0556. The number of nitrogens with two attached hydrogens (primary N) is 2. The van der Waals surface area contributed by atoms with E-state index in [1.807, 2.05) is 60.7 Å². The van der Waals surface area contributed by atoms with Gasteiger partial charge >= 0.3 is 31.4 Å². The molecule has 6 N–H and O–H groups in total. The summed E-state index contributed by atoms with van der Waals surface area (Å²) in [4.78, 5) is 47.3. The highest BCUT2D eigenvalue weighted by molar-refractivity contribution is 7.99. The van der Waals surface area contributed by atoms with Crippen LogP contribution in [0.3, 0.4) is 0 Å². The van der Waals surface area contributed by atoms with Gasteiger partial charge in [0, 0.05) is 11.5 Å². The van der Waals surface area contributed by atoms with E-state index in [4.69, 9.17) is 66.7 Å². The van der Waals surface area contributed by atoms with Gasteiger partial charge in [-0.3, -0.25) is 28.7 Å². The van der Waals surface area contributed by atoms with Gasteiger partial charge in [-0.1, -0.05) is 60.7 Å². The van der Waals surface area contributed by atoms with Crippen LogP contribution >= 0.6 is 29.0 Å². The summed E-state index contributed by atoms with van der Waals surface area (Å²) in [6, 6.07) is 23.0. The minimum Gasteiger partial charge on any atom is -0.399 e. The first-order valence-electron chi connectivity index (χ1n) is 22.9. The molecule has 0 amide bonds. The van der Waals surface area contributed by atoms with Crippen molar-refractivity contribution in [1.29, 1.82) is 10.5 Å². The lowest BCUT2D eigenvalue weighted by Gasteiger charge is -2.22. The van der Waals surface area contributed by atoms with E-state index in [1.54, 1.807) is 9.13 Å². The van der Waals surface area contributed by atoms with Crippen molar-refractivity contribution in [3.8, 4) is 12.1 Å². The molecule has 73 heavy (non-hydrogen) atoms. The molecule has 0 spiro atoms. The molecule has 3 unspecified atom stereocenters. The quantitative estimate of drug-likeness (QED) is 0.0381. The van der Waals surface area contributed by atoms with Crippen LogP contribution in [0.2, 0.25) is 0 Å². The van der Waals surface area contributed by atoms with Gasteiger partial charge in [-0.05, 0) is 10.9 Å². The van der Waals surface area contributed by atoms with Crippen LogP contribution in [0.5, 0.6) is 0 Å². The van der Waals surface area contributed by atoms with Crippen molar-refractivity contribution in [3.05, 3.63) is 94.0 Å². The molecule has 26 nitrogen and oxygen atoms in total. The van der Waals surface area contributed by atoms with Gasteiger partial charge in [0.2, 0.25) is 11.9 Å². The first-order valence-corrected chi connectivity index (χ1v) is 26.3. The van der Waals surface area contributed by atoms with Gasteiger partial charge in [-0.25, -0.2) is 9.97 Å². The number of nitrogens with one attached hydrogen (secondary N) is 2. The molecule has 2 aromatic carbocycles. The van der Waals surface area contributed by atoms with E-state index in [9.17, 15) is 20.1 Å². The van der Waals surface area contributed by atoms with Crippen molar-refractivity contribution >= 4 is 88.4 Å². The van der Waals surface area contributed by atoms with Crippen LogP contribution in [0.1, 0.15) is 25.3 Å². The zero-order valence-electron chi connectivity index (χ0n) is 38.5. The molecule has 4 aromatic heterocycles. The van der Waals surface area contributed by atoms with Crippen LogP contribution in [-0.2, 0) is 55.2 Å². The van der Waals surface area contributed by atoms with E-state index in [1.165, 1.54) is 24.4 Å². The molecule has 4 aliphatic rings. The maximum absolute atomic E-state index is 12.6. The third-order valence-corrected chi connectivity index (χ3v) is 14.8. The summed E-state index contributed by atoms with van der Waals surface area (Å²) in [5.41, 5.74) is 13.0. The number of imidazole rings is 2. The van der Waals surface area contributed by atoms with Crippen LogP contribution in [0.25, 0.3) is 22.3 Å². The Hall–Kier alpha value is -5.42. The highest BCUT2D eigenvalue weighted by Crippen LogP contribution is 2.46. The number of nitriles is 2. The number of ether oxygens (including phenoxy) is 2. The molecule has 8 heterocycles. The Morgan fingerprint density at radius 2 is 1.03 bits per heavy atom. The molecule has 0 aliphatic carbocycles. The number of H-pyrrole nitrogens is 2. The molecule has 10 atom stereocenters. The van der Waals surface area contributed by atoms with E-state index < -0.39 is 91.6 Å². The Balaban J connectivity index is 0.729. The maximum atomic E-state index is 12.6. The van der Waals surface area contributed by atoms with Crippen LogP contribution in [0.4, 0.5) is 11.9 Å². The fourth-order valence-electron chi connectivity index (χ4n) is 8.45. The Bertz CT molecular complexity index is 2830. The predicted octanol–water partition coefficient (Wildman–Crippen LogP) is 1.68. The lowest BCUT2D eigenvalue weighted by Crippen LogP contribution is -2.36. The maximum Gasteiger partial charge on any atom is 0.494 e. The molecule has 0 bridgehead atoms. The minimum absolute atomic E-state index is 0.0332. The summed E-state index contributed by atoms with van der Waals surface area (Å²) in [5.74, 6) is 0.870. The summed E-state index contributed by atoms with van der Waals surface area (Å²) in [6.45, 7) is 0.534. The smallest absolute Gasteiger partial charge is 0.399 e. The summed E-state index contributed by atoms with van der Waals surface area (Å²) >= 11 is 1.53. The molecule has 380 valence electrons. The second-order valence-electron chi connectivity index (χ2n) is 16.4. The van der Waals surface area contributed by atoms with Crippen LogP contribution in [0.15, 0.2) is 82.9 Å². The number of hydrogen-bond acceptors (Lipinski definition) is 23. The van der Waals surface area contributed by atoms with Crippen molar-refractivity contribution in [3.63, 3.8) is 0 Å². The van der Waals surface area contributed by atoms with Crippen molar-refractivity contribution in [2.75, 3.05) is 62.6 Å². The zero-order valence-corrected chi connectivity index (χ0v) is 41.1. The van der Waals surface area contributed by atoms with Gasteiger partial charge < -0.3 is 66.7 Å². The van der Waals surface area contributed by atoms with Gasteiger partial charge in [0.15, 0.2) is 34.8 Å². The molecule has 0 saturated carbocycles. The number of thioether (sulfide) groups is 1. The third kappa shape index (κ3) is 11.6. The second kappa shape index (κ2) is 23.8. The van der Waals surface area contributed by atoms with Crippen molar-refractivity contribution in [2.45, 2.75) is 61.9 Å². The number of nitrogen functional groups attached to an aromatic ring is 2. The minimum atomic E-state index is -1.95. The first-order chi connectivity index (χ1) is 35.8. The zero-order chi connectivity index (χ0) is 50.3. The molecule has 6 aromatic rings. The normalized spacial score (nSPS) is 24.2. The molecule has 4 saturated heterocycles. The number of benzene rings is 2. The van der Waals surface area contributed by atoms with Crippen LogP contribution < -0.4 is 33.5 Å². The Kier molecular flexibility index (Phi) is 16.7. The van der Waals surface area contributed by atoms with E-state index in [0.29, 0.717) is 11.5 Å². The second-order valence-corrected chi connectivity index (χ2v) is 20.0. The topological polar surface area (TPSA) is 338 Å². The number of anilines is 2. The fraction of sp³-hybridized carbons (Fsp3) is 0.429. The molecule has 31 heteroatoms. The van der Waals surface area contributed by atoms with Gasteiger partial charge in [0.05, 0.1) is 77.3 Å². The SMILES string of the molecule is N#CCCOP(OCCSCCOP(OCCC#N)OC[C@H]1O[C@@H](n2cnc3c(=O)[nH]c(N)nc32)[C@@H]2OB(c3ccccc3)O[C@@H]21)OCC1O[C@@H](n2cnc3c(=O)[nH]c(N)nc32)[C@@H]2OB(c3ccccc3)O[C@H]12. The molecular formula is C42H46B2N12O14P2S. The van der Waals surface area contributed by atoms with Crippen molar-refractivity contribution in [1.82, 2.24) is 39.0 Å². The van der Waals surface area contributed by atoms with Gasteiger partial charge in [0.1, 0.15) is 36.6 Å². The highest BCUT2D eigenvalue weighted by atomic mass is 32.2. The number of rotatable bonds is 24. The summed E-state index contributed by atoms with van der Waals surface area (Å²) in [5, 5.41) is 18.4. The molecule has 4 aliphatic heterocycles. The van der Waals surface area contributed by atoms with Gasteiger partial charge in [0.25, 0.3) is 11.1 Å². The van der Waals surface area contributed by atoms with Crippen molar-refractivity contribution < 1.29 is 55.2 Å². The number of aromatic amines is 2. The fourth-order valence-corrected chi connectivity index (χ4v) is 11.2. The molecule has 4 fully saturated rings. The summed E-state index contributed by atoms with van der Waals surface area (Å²) < 4.78 is 78.1. The summed E-state index contributed by atoms with van der Waals surface area (Å²) in [6.07, 6.45) is -2.47. The van der Waals surface area contributed by atoms with Crippen molar-refractivity contribution in [2.24, 2.45) is 0 Å². The molecular weight excluding hydrogens is 1010 g/mol. The molecule has 0 radical (unpaired) electrons. The number of fused-ring (bicyclic) bond motifs is 4. The number of hydrogen-bond donors (Lipinski definition) is 4.